The normalized spacial score (nSPS) is 11.1. The van der Waals surface area contributed by atoms with Crippen molar-refractivity contribution in [1.82, 2.24) is 9.55 Å². The van der Waals surface area contributed by atoms with E-state index < -0.39 is 0 Å². The molecule has 0 aliphatic carbocycles. The minimum Gasteiger partial charge on any atom is -0.330 e. The van der Waals surface area contributed by atoms with Crippen molar-refractivity contribution in [2.75, 3.05) is 6.26 Å². The first-order chi connectivity index (χ1) is 9.20. The minimum absolute atomic E-state index is 0.737. The number of nitrogens with one attached hydrogen (secondary N) is 1. The van der Waals surface area contributed by atoms with Crippen LogP contribution in [-0.4, -0.2) is 15.8 Å². The van der Waals surface area contributed by atoms with Crippen LogP contribution in [0.3, 0.4) is 0 Å². The minimum atomic E-state index is 0.737. The maximum Gasteiger partial charge on any atom is 0.182 e. The largest absolute Gasteiger partial charge is 0.330 e. The molecule has 1 aromatic heterocycles. The number of hydrogen-bond donors (Lipinski definition) is 1. The van der Waals surface area contributed by atoms with Crippen molar-refractivity contribution in [2.45, 2.75) is 11.8 Å². The van der Waals surface area contributed by atoms with Crippen LogP contribution in [0.2, 0.25) is 0 Å². The van der Waals surface area contributed by atoms with Gasteiger partial charge >= 0.3 is 0 Å². The number of hydrogen-bond acceptors (Lipinski definition) is 2. The summed E-state index contributed by atoms with van der Waals surface area (Å²) in [5.74, 6) is 0. The van der Waals surface area contributed by atoms with Crippen molar-refractivity contribution in [3.63, 3.8) is 0 Å². The monoisotopic (exact) mass is 286 g/mol. The van der Waals surface area contributed by atoms with Crippen LogP contribution in [0.15, 0.2) is 47.4 Å². The topological polar surface area (TPSA) is 20.7 Å². The molecule has 19 heavy (non-hydrogen) atoms. The van der Waals surface area contributed by atoms with Crippen LogP contribution < -0.4 is 0 Å². The molecule has 0 saturated heterocycles. The van der Waals surface area contributed by atoms with Crippen molar-refractivity contribution >= 4 is 35.0 Å². The summed E-state index contributed by atoms with van der Waals surface area (Å²) < 4.78 is 2.84. The lowest BCUT2D eigenvalue weighted by Gasteiger charge is -2.07. The van der Waals surface area contributed by atoms with Gasteiger partial charge in [-0.05, 0) is 61.3 Å². The predicted molar refractivity (Wildman–Crippen MR) is 85.0 cm³/mol. The van der Waals surface area contributed by atoms with Crippen LogP contribution in [0.25, 0.3) is 16.7 Å². The lowest BCUT2D eigenvalue weighted by Crippen LogP contribution is -1.95. The number of aryl methyl sites for hydroxylation is 1. The van der Waals surface area contributed by atoms with Crippen molar-refractivity contribution in [3.8, 4) is 5.69 Å². The van der Waals surface area contributed by atoms with Gasteiger partial charge in [0.25, 0.3) is 0 Å². The summed E-state index contributed by atoms with van der Waals surface area (Å²) in [7, 11) is 0. The molecule has 3 rings (SSSR count). The Morgan fingerprint density at radius 1 is 1.11 bits per heavy atom. The quantitative estimate of drug-likeness (QED) is 0.543. The van der Waals surface area contributed by atoms with Crippen LogP contribution >= 0.6 is 24.0 Å². The maximum absolute atomic E-state index is 5.46. The molecule has 0 saturated carbocycles. The number of thioether (sulfide) groups is 1. The Morgan fingerprint density at radius 2 is 1.84 bits per heavy atom. The Morgan fingerprint density at radius 3 is 2.53 bits per heavy atom. The first kappa shape index (κ1) is 12.5. The fourth-order valence-corrected chi connectivity index (χ4v) is 3.02. The number of fused-ring (bicyclic) bond motifs is 1. The molecule has 0 spiro atoms. The number of aromatic nitrogens is 2. The zero-order valence-corrected chi connectivity index (χ0v) is 12.4. The van der Waals surface area contributed by atoms with Crippen molar-refractivity contribution < 1.29 is 0 Å². The number of aromatic amines is 1. The van der Waals surface area contributed by atoms with Gasteiger partial charge in [0, 0.05) is 10.6 Å². The Labute approximate surface area is 121 Å². The van der Waals surface area contributed by atoms with Gasteiger partial charge in [-0.3, -0.25) is 4.57 Å². The Kier molecular flexibility index (Phi) is 3.21. The van der Waals surface area contributed by atoms with Gasteiger partial charge < -0.3 is 4.98 Å². The smallest absolute Gasteiger partial charge is 0.182 e. The van der Waals surface area contributed by atoms with Gasteiger partial charge in [-0.1, -0.05) is 12.1 Å². The fraction of sp³-hybridized carbons (Fsp3) is 0.133. The summed E-state index contributed by atoms with van der Waals surface area (Å²) in [5, 5.41) is 0. The summed E-state index contributed by atoms with van der Waals surface area (Å²) in [5.41, 5.74) is 4.56. The SMILES string of the molecule is CSc1ccc(-n2c(=S)[nH]c3cccc(C)c32)cc1. The lowest BCUT2D eigenvalue weighted by molar-refractivity contribution is 1.06. The molecular formula is C15H14N2S2. The highest BCUT2D eigenvalue weighted by Crippen LogP contribution is 2.24. The van der Waals surface area contributed by atoms with E-state index in [4.69, 9.17) is 12.2 Å². The second kappa shape index (κ2) is 4.87. The average Bonchev–Trinajstić information content (AvgIpc) is 2.76. The molecule has 1 heterocycles. The van der Waals surface area contributed by atoms with Gasteiger partial charge in [-0.25, -0.2) is 0 Å². The Bertz CT molecular complexity index is 782. The van der Waals surface area contributed by atoms with Gasteiger partial charge in [-0.2, -0.15) is 0 Å². The summed E-state index contributed by atoms with van der Waals surface area (Å²) >= 11 is 7.20. The van der Waals surface area contributed by atoms with Gasteiger partial charge in [0.1, 0.15) is 0 Å². The molecule has 0 aliphatic rings. The number of para-hydroxylation sites is 1. The van der Waals surface area contributed by atoms with Crippen molar-refractivity contribution in [2.24, 2.45) is 0 Å². The summed E-state index contributed by atoms with van der Waals surface area (Å²) in [6.45, 7) is 2.11. The molecule has 0 unspecified atom stereocenters. The number of nitrogens with zero attached hydrogens (tertiary/aromatic N) is 1. The molecule has 0 fully saturated rings. The molecule has 1 N–H and O–H groups in total. The van der Waals surface area contributed by atoms with E-state index in [2.05, 4.69) is 59.1 Å². The molecule has 96 valence electrons. The first-order valence-electron chi connectivity index (χ1n) is 6.05. The van der Waals surface area contributed by atoms with E-state index in [1.807, 2.05) is 6.07 Å². The molecule has 0 bridgehead atoms. The molecular weight excluding hydrogens is 272 g/mol. The van der Waals surface area contributed by atoms with E-state index in [0.717, 1.165) is 21.5 Å². The number of rotatable bonds is 2. The third-order valence-corrected chi connectivity index (χ3v) is 4.26. The van der Waals surface area contributed by atoms with E-state index in [9.17, 15) is 0 Å². The first-order valence-corrected chi connectivity index (χ1v) is 7.69. The standard InChI is InChI=1S/C15H14N2S2/c1-10-4-3-5-13-14(10)17(15(18)16-13)11-6-8-12(19-2)9-7-11/h3-9H,1-2H3,(H,16,18). The zero-order valence-electron chi connectivity index (χ0n) is 10.8. The summed E-state index contributed by atoms with van der Waals surface area (Å²) in [4.78, 5) is 4.52. The molecule has 0 atom stereocenters. The van der Waals surface area contributed by atoms with Gasteiger partial charge in [0.15, 0.2) is 4.77 Å². The van der Waals surface area contributed by atoms with E-state index >= 15 is 0 Å². The van der Waals surface area contributed by atoms with Crippen LogP contribution in [0, 0.1) is 11.7 Å². The molecule has 0 amide bonds. The van der Waals surface area contributed by atoms with E-state index in [1.54, 1.807) is 11.8 Å². The number of benzene rings is 2. The van der Waals surface area contributed by atoms with Crippen LogP contribution in [0.1, 0.15) is 5.56 Å². The highest BCUT2D eigenvalue weighted by atomic mass is 32.2. The molecule has 0 radical (unpaired) electrons. The Balaban J connectivity index is 2.29. The van der Waals surface area contributed by atoms with Crippen molar-refractivity contribution in [1.29, 1.82) is 0 Å². The molecule has 4 heteroatoms. The molecule has 0 aliphatic heterocycles. The maximum atomic E-state index is 5.46. The van der Waals surface area contributed by atoms with Gasteiger partial charge in [-0.15, -0.1) is 11.8 Å². The third kappa shape index (κ3) is 2.11. The zero-order chi connectivity index (χ0) is 13.4. The van der Waals surface area contributed by atoms with Crippen molar-refractivity contribution in [3.05, 3.63) is 52.8 Å². The summed E-state index contributed by atoms with van der Waals surface area (Å²) in [6.07, 6.45) is 2.08. The van der Waals surface area contributed by atoms with Crippen LogP contribution in [0.4, 0.5) is 0 Å². The highest BCUT2D eigenvalue weighted by molar-refractivity contribution is 7.98. The summed E-state index contributed by atoms with van der Waals surface area (Å²) in [6, 6.07) is 14.7. The Hall–Kier alpha value is -1.52. The van der Waals surface area contributed by atoms with E-state index in [0.29, 0.717) is 0 Å². The predicted octanol–water partition coefficient (Wildman–Crippen LogP) is 4.72. The lowest BCUT2D eigenvalue weighted by atomic mass is 10.2. The number of imidazole rings is 1. The highest BCUT2D eigenvalue weighted by Gasteiger charge is 2.08. The fourth-order valence-electron chi connectivity index (χ4n) is 2.31. The van der Waals surface area contributed by atoms with E-state index in [-0.39, 0.29) is 0 Å². The average molecular weight is 286 g/mol. The van der Waals surface area contributed by atoms with Crippen LogP contribution in [-0.2, 0) is 0 Å². The molecule has 3 aromatic rings. The second-order valence-corrected chi connectivity index (χ2v) is 5.70. The molecule has 2 aromatic carbocycles. The van der Waals surface area contributed by atoms with E-state index in [1.165, 1.54) is 10.5 Å². The van der Waals surface area contributed by atoms with Gasteiger partial charge in [0.2, 0.25) is 0 Å². The van der Waals surface area contributed by atoms with Crippen LogP contribution in [0.5, 0.6) is 0 Å². The third-order valence-electron chi connectivity index (χ3n) is 3.24. The number of H-pyrrole nitrogens is 1. The second-order valence-electron chi connectivity index (χ2n) is 4.43. The van der Waals surface area contributed by atoms with Gasteiger partial charge in [0.05, 0.1) is 11.0 Å². The molecule has 2 nitrogen and oxygen atoms in total.